The van der Waals surface area contributed by atoms with E-state index in [-0.39, 0.29) is 0 Å². The number of rotatable bonds is 2. The summed E-state index contributed by atoms with van der Waals surface area (Å²) in [6.45, 7) is 0. The van der Waals surface area contributed by atoms with Crippen LogP contribution in [0, 0.1) is 0 Å². The van der Waals surface area contributed by atoms with Gasteiger partial charge in [-0.15, -0.1) is 0 Å². The molecule has 16 heavy (non-hydrogen) atoms. The Morgan fingerprint density at radius 1 is 1.19 bits per heavy atom. The molecular formula is C11H10O5. The van der Waals surface area contributed by atoms with Crippen LogP contribution in [0.25, 0.3) is 11.0 Å². The summed E-state index contributed by atoms with van der Waals surface area (Å²) in [4.78, 5) is 11.0. The lowest BCUT2D eigenvalue weighted by Gasteiger charge is -2.05. The molecule has 0 aliphatic carbocycles. The first kappa shape index (κ1) is 10.4. The number of benzene rings is 1. The highest BCUT2D eigenvalue weighted by molar-refractivity contribution is 5.90. The molecule has 1 heterocycles. The number of ether oxygens (including phenoxy) is 3. The van der Waals surface area contributed by atoms with Crippen LogP contribution in [0.5, 0.6) is 11.5 Å². The van der Waals surface area contributed by atoms with Gasteiger partial charge in [-0.05, 0) is 18.2 Å². The highest BCUT2D eigenvalue weighted by atomic mass is 16.7. The fourth-order valence-electron chi connectivity index (χ4n) is 1.39. The second-order valence-corrected chi connectivity index (χ2v) is 2.99. The van der Waals surface area contributed by atoms with Crippen LogP contribution >= 0.6 is 0 Å². The van der Waals surface area contributed by atoms with Crippen LogP contribution in [0.15, 0.2) is 28.9 Å². The third-order valence-corrected chi connectivity index (χ3v) is 2.12. The standard InChI is InChI=1S/C11H10O5/c1-13-9-4-3-8(16-11(12)14-2)7-5-6-15-10(7)9/h3-6H,1-2H3. The van der Waals surface area contributed by atoms with Crippen LogP contribution in [0.1, 0.15) is 0 Å². The molecule has 5 heteroatoms. The molecule has 0 radical (unpaired) electrons. The topological polar surface area (TPSA) is 57.9 Å². The zero-order chi connectivity index (χ0) is 11.5. The smallest absolute Gasteiger partial charge is 0.493 e. The van der Waals surface area contributed by atoms with Crippen molar-refractivity contribution in [3.8, 4) is 11.5 Å². The van der Waals surface area contributed by atoms with E-state index < -0.39 is 6.16 Å². The van der Waals surface area contributed by atoms with Crippen molar-refractivity contribution in [2.75, 3.05) is 14.2 Å². The van der Waals surface area contributed by atoms with Crippen LogP contribution in [-0.4, -0.2) is 20.4 Å². The number of fused-ring (bicyclic) bond motifs is 1. The van der Waals surface area contributed by atoms with Gasteiger partial charge in [0, 0.05) is 0 Å². The van der Waals surface area contributed by atoms with E-state index in [0.29, 0.717) is 22.5 Å². The molecule has 0 spiro atoms. The van der Waals surface area contributed by atoms with Crippen molar-refractivity contribution >= 4 is 17.1 Å². The molecule has 0 amide bonds. The van der Waals surface area contributed by atoms with E-state index in [1.807, 2.05) is 0 Å². The van der Waals surface area contributed by atoms with E-state index >= 15 is 0 Å². The minimum atomic E-state index is -0.771. The van der Waals surface area contributed by atoms with Gasteiger partial charge in [0.1, 0.15) is 5.75 Å². The van der Waals surface area contributed by atoms with Crippen LogP contribution in [-0.2, 0) is 4.74 Å². The van der Waals surface area contributed by atoms with Gasteiger partial charge in [-0.2, -0.15) is 0 Å². The molecule has 0 aliphatic heterocycles. The van der Waals surface area contributed by atoms with Crippen LogP contribution in [0.4, 0.5) is 4.79 Å². The van der Waals surface area contributed by atoms with Crippen molar-refractivity contribution < 1.29 is 23.4 Å². The van der Waals surface area contributed by atoms with Crippen LogP contribution in [0.2, 0.25) is 0 Å². The summed E-state index contributed by atoms with van der Waals surface area (Å²) in [7, 11) is 2.79. The third-order valence-electron chi connectivity index (χ3n) is 2.12. The Hall–Kier alpha value is -2.17. The first-order valence-corrected chi connectivity index (χ1v) is 4.56. The number of furan rings is 1. The van der Waals surface area contributed by atoms with Crippen molar-refractivity contribution in [1.29, 1.82) is 0 Å². The molecule has 0 aliphatic rings. The van der Waals surface area contributed by atoms with Crippen molar-refractivity contribution in [1.82, 2.24) is 0 Å². The number of hydrogen-bond donors (Lipinski definition) is 0. The average Bonchev–Trinajstić information content (AvgIpc) is 2.78. The molecule has 0 saturated heterocycles. The van der Waals surface area contributed by atoms with Gasteiger partial charge in [0.2, 0.25) is 0 Å². The Morgan fingerprint density at radius 2 is 1.94 bits per heavy atom. The molecule has 84 valence electrons. The monoisotopic (exact) mass is 222 g/mol. The first-order chi connectivity index (χ1) is 7.76. The lowest BCUT2D eigenvalue weighted by molar-refractivity contribution is 0.122. The van der Waals surface area contributed by atoms with Crippen molar-refractivity contribution in [2.24, 2.45) is 0 Å². The maximum absolute atomic E-state index is 11.0. The molecule has 0 saturated carbocycles. The summed E-state index contributed by atoms with van der Waals surface area (Å²) >= 11 is 0. The first-order valence-electron chi connectivity index (χ1n) is 4.56. The summed E-state index contributed by atoms with van der Waals surface area (Å²) in [5, 5.41) is 0.657. The minimum Gasteiger partial charge on any atom is -0.493 e. The second kappa shape index (κ2) is 4.14. The Kier molecular flexibility index (Phi) is 2.68. The summed E-state index contributed by atoms with van der Waals surface area (Å²) < 4.78 is 19.7. The predicted octanol–water partition coefficient (Wildman–Crippen LogP) is 2.59. The number of hydrogen-bond acceptors (Lipinski definition) is 5. The summed E-state index contributed by atoms with van der Waals surface area (Å²) in [5.74, 6) is 0.952. The highest BCUT2D eigenvalue weighted by Crippen LogP contribution is 2.33. The van der Waals surface area contributed by atoms with E-state index in [9.17, 15) is 4.79 Å². The Bertz CT molecular complexity index is 514. The van der Waals surface area contributed by atoms with Gasteiger partial charge >= 0.3 is 6.16 Å². The third kappa shape index (κ3) is 1.67. The van der Waals surface area contributed by atoms with E-state index in [4.69, 9.17) is 13.9 Å². The van der Waals surface area contributed by atoms with Gasteiger partial charge in [-0.25, -0.2) is 4.79 Å². The molecule has 0 atom stereocenters. The Morgan fingerprint density at radius 3 is 2.62 bits per heavy atom. The SMILES string of the molecule is COC(=O)Oc1ccc(OC)c2occc12. The second-order valence-electron chi connectivity index (χ2n) is 2.99. The number of carbonyl (C=O) groups excluding carboxylic acids is 1. The molecular weight excluding hydrogens is 212 g/mol. The fourth-order valence-corrected chi connectivity index (χ4v) is 1.39. The van der Waals surface area contributed by atoms with E-state index in [1.54, 1.807) is 18.2 Å². The van der Waals surface area contributed by atoms with Gasteiger partial charge in [-0.1, -0.05) is 0 Å². The molecule has 2 aromatic rings. The van der Waals surface area contributed by atoms with Gasteiger partial charge in [-0.3, -0.25) is 0 Å². The largest absolute Gasteiger partial charge is 0.513 e. The zero-order valence-corrected chi connectivity index (χ0v) is 8.85. The molecule has 0 unspecified atom stereocenters. The van der Waals surface area contributed by atoms with Gasteiger partial charge in [0.25, 0.3) is 0 Å². The quantitative estimate of drug-likeness (QED) is 0.577. The summed E-state index contributed by atoms with van der Waals surface area (Å²) in [6, 6.07) is 4.97. The van der Waals surface area contributed by atoms with E-state index in [2.05, 4.69) is 4.74 Å². The zero-order valence-electron chi connectivity index (χ0n) is 8.85. The molecule has 1 aromatic carbocycles. The fraction of sp³-hybridized carbons (Fsp3) is 0.182. The molecule has 0 fully saturated rings. The lowest BCUT2D eigenvalue weighted by atomic mass is 10.2. The van der Waals surface area contributed by atoms with E-state index in [1.165, 1.54) is 20.5 Å². The van der Waals surface area contributed by atoms with Crippen molar-refractivity contribution in [2.45, 2.75) is 0 Å². The van der Waals surface area contributed by atoms with Crippen molar-refractivity contribution in [3.63, 3.8) is 0 Å². The van der Waals surface area contributed by atoms with E-state index in [0.717, 1.165) is 0 Å². The van der Waals surface area contributed by atoms with Crippen LogP contribution < -0.4 is 9.47 Å². The normalized spacial score (nSPS) is 10.1. The molecule has 0 bridgehead atoms. The Balaban J connectivity index is 2.47. The summed E-state index contributed by atoms with van der Waals surface area (Å²) in [5.41, 5.74) is 0.531. The van der Waals surface area contributed by atoms with Gasteiger partial charge < -0.3 is 18.6 Å². The molecule has 0 N–H and O–H groups in total. The predicted molar refractivity (Wildman–Crippen MR) is 55.8 cm³/mol. The Labute approximate surface area is 91.5 Å². The van der Waals surface area contributed by atoms with Gasteiger partial charge in [0.15, 0.2) is 11.3 Å². The maximum atomic E-state index is 11.0. The summed E-state index contributed by atoms with van der Waals surface area (Å²) in [6.07, 6.45) is 0.727. The van der Waals surface area contributed by atoms with Crippen molar-refractivity contribution in [3.05, 3.63) is 24.5 Å². The number of methoxy groups -OCH3 is 2. The highest BCUT2D eigenvalue weighted by Gasteiger charge is 2.13. The minimum absolute atomic E-state index is 0.372. The van der Waals surface area contributed by atoms with Gasteiger partial charge in [0.05, 0.1) is 25.9 Å². The number of carbonyl (C=O) groups is 1. The van der Waals surface area contributed by atoms with Crippen LogP contribution in [0.3, 0.4) is 0 Å². The maximum Gasteiger partial charge on any atom is 0.513 e. The molecule has 2 rings (SSSR count). The lowest BCUT2D eigenvalue weighted by Crippen LogP contribution is -2.07. The molecule has 5 nitrogen and oxygen atoms in total. The average molecular weight is 222 g/mol. The molecule has 1 aromatic heterocycles.